The zero-order valence-electron chi connectivity index (χ0n) is 17.1. The van der Waals surface area contributed by atoms with Gasteiger partial charge < -0.3 is 15.0 Å². The molecular formula is C26H26N2O2. The highest BCUT2D eigenvalue weighted by molar-refractivity contribution is 5.79. The van der Waals surface area contributed by atoms with E-state index in [1.165, 1.54) is 11.1 Å². The molecule has 3 fully saturated rings. The number of nitrogens with zero attached hydrogens (tertiary/aromatic N) is 1. The van der Waals surface area contributed by atoms with Crippen molar-refractivity contribution in [1.29, 1.82) is 0 Å². The quantitative estimate of drug-likeness (QED) is 0.709. The zero-order chi connectivity index (χ0) is 20.5. The lowest BCUT2D eigenvalue weighted by Crippen LogP contribution is -2.72. The first-order valence-corrected chi connectivity index (χ1v) is 10.5. The average Bonchev–Trinajstić information content (AvgIpc) is 2.80. The molecule has 1 amide bonds. The Hall–Kier alpha value is -3.11. The molecule has 3 aromatic carbocycles. The number of rotatable bonds is 5. The van der Waals surface area contributed by atoms with Gasteiger partial charge in [-0.3, -0.25) is 4.79 Å². The van der Waals surface area contributed by atoms with Crippen LogP contribution < -0.4 is 10.1 Å². The first kappa shape index (κ1) is 18.9. The Morgan fingerprint density at radius 3 is 2.37 bits per heavy atom. The van der Waals surface area contributed by atoms with Crippen LogP contribution in [0.4, 0.5) is 0 Å². The number of fused-ring (bicyclic) bond motifs is 2. The van der Waals surface area contributed by atoms with E-state index in [-0.39, 0.29) is 5.91 Å². The van der Waals surface area contributed by atoms with Gasteiger partial charge in [0.15, 0.2) is 0 Å². The molecule has 1 N–H and O–H groups in total. The second-order valence-corrected chi connectivity index (χ2v) is 8.22. The Morgan fingerprint density at radius 2 is 1.67 bits per heavy atom. The molecule has 3 aliphatic heterocycles. The van der Waals surface area contributed by atoms with E-state index in [1.54, 1.807) is 7.11 Å². The van der Waals surface area contributed by atoms with Crippen molar-refractivity contribution in [2.45, 2.75) is 24.4 Å². The van der Waals surface area contributed by atoms with Crippen LogP contribution in [0, 0.1) is 0 Å². The smallest absolute Gasteiger partial charge is 0.227 e. The van der Waals surface area contributed by atoms with Gasteiger partial charge in [0.25, 0.3) is 0 Å². The van der Waals surface area contributed by atoms with E-state index in [9.17, 15) is 4.79 Å². The molecule has 152 valence electrons. The molecule has 0 radical (unpaired) electrons. The molecule has 3 heterocycles. The Balaban J connectivity index is 1.24. The molecule has 0 aliphatic carbocycles. The van der Waals surface area contributed by atoms with E-state index in [0.717, 1.165) is 30.0 Å². The first-order chi connectivity index (χ1) is 14.7. The summed E-state index contributed by atoms with van der Waals surface area (Å²) in [6.45, 7) is 1.56. The Kier molecular flexibility index (Phi) is 5.01. The number of hydrogen-bond acceptors (Lipinski definition) is 3. The van der Waals surface area contributed by atoms with Gasteiger partial charge in [0.2, 0.25) is 5.91 Å². The number of carbonyl (C=O) groups is 1. The third kappa shape index (κ3) is 3.59. The van der Waals surface area contributed by atoms with E-state index < -0.39 is 0 Å². The highest BCUT2D eigenvalue weighted by Gasteiger charge is 2.47. The summed E-state index contributed by atoms with van der Waals surface area (Å²) in [4.78, 5) is 14.7. The van der Waals surface area contributed by atoms with E-state index in [1.807, 2.05) is 47.4 Å². The third-order valence-electron chi connectivity index (χ3n) is 6.38. The highest BCUT2D eigenvalue weighted by atomic mass is 16.5. The summed E-state index contributed by atoms with van der Waals surface area (Å²) in [5.74, 6) is 1.57. The molecule has 4 heteroatoms. The summed E-state index contributed by atoms with van der Waals surface area (Å²) >= 11 is 0. The molecule has 3 aromatic rings. The number of amides is 1. The van der Waals surface area contributed by atoms with Gasteiger partial charge >= 0.3 is 0 Å². The topological polar surface area (TPSA) is 41.6 Å². The van der Waals surface area contributed by atoms with E-state index in [2.05, 4.69) is 41.7 Å². The van der Waals surface area contributed by atoms with E-state index in [0.29, 0.717) is 24.4 Å². The second-order valence-electron chi connectivity index (χ2n) is 8.22. The molecule has 6 rings (SSSR count). The van der Waals surface area contributed by atoms with Gasteiger partial charge in [0.1, 0.15) is 5.75 Å². The van der Waals surface area contributed by atoms with Crippen molar-refractivity contribution in [3.63, 3.8) is 0 Å². The average molecular weight is 399 g/mol. The molecule has 1 unspecified atom stereocenters. The van der Waals surface area contributed by atoms with Crippen molar-refractivity contribution < 1.29 is 9.53 Å². The lowest BCUT2D eigenvalue weighted by Gasteiger charge is -2.55. The van der Waals surface area contributed by atoms with Crippen molar-refractivity contribution in [3.8, 4) is 16.9 Å². The largest absolute Gasteiger partial charge is 0.497 e. The molecule has 0 spiro atoms. The Morgan fingerprint density at radius 1 is 0.933 bits per heavy atom. The van der Waals surface area contributed by atoms with Crippen LogP contribution in [0.3, 0.4) is 0 Å². The minimum Gasteiger partial charge on any atom is -0.497 e. The van der Waals surface area contributed by atoms with Crippen LogP contribution in [-0.2, 0) is 11.2 Å². The van der Waals surface area contributed by atoms with Crippen LogP contribution in [0.5, 0.6) is 5.75 Å². The number of carbonyl (C=O) groups excluding carboxylic acids is 1. The lowest BCUT2D eigenvalue weighted by atomic mass is 9.74. The fraction of sp³-hybridized carbons (Fsp3) is 0.269. The standard InChI is InChI=1S/C26H26N2O2/c1-30-22-9-5-8-21(15-22)19-10-12-20(13-11-19)26-23-16-28(17-24(26)27-23)25(29)14-18-6-3-2-4-7-18/h2-13,15,23-24,26-27H,14,16-17H2,1H3/t23-,24+,26?. The Labute approximate surface area is 177 Å². The minimum atomic E-state index is 0.226. The first-order valence-electron chi connectivity index (χ1n) is 10.5. The molecule has 4 nitrogen and oxygen atoms in total. The van der Waals surface area contributed by atoms with Crippen LogP contribution in [0.2, 0.25) is 0 Å². The zero-order valence-corrected chi connectivity index (χ0v) is 17.1. The maximum Gasteiger partial charge on any atom is 0.227 e. The summed E-state index contributed by atoms with van der Waals surface area (Å²) in [6, 6.07) is 27.7. The van der Waals surface area contributed by atoms with Crippen molar-refractivity contribution in [2.24, 2.45) is 0 Å². The molecular weight excluding hydrogens is 372 g/mol. The van der Waals surface area contributed by atoms with Gasteiger partial charge in [-0.15, -0.1) is 0 Å². The number of benzene rings is 3. The summed E-state index contributed by atoms with van der Waals surface area (Å²) in [7, 11) is 1.69. The number of piperidine rings is 1. The summed E-state index contributed by atoms with van der Waals surface area (Å²) in [6.07, 6.45) is 0.486. The molecule has 0 aromatic heterocycles. The molecule has 30 heavy (non-hydrogen) atoms. The SMILES string of the molecule is COc1cccc(-c2ccc(C3[C@@H]4CN(C(=O)Cc5ccccc5)C[C@H]3N4)cc2)c1. The van der Waals surface area contributed by atoms with Crippen LogP contribution in [0.25, 0.3) is 11.1 Å². The van der Waals surface area contributed by atoms with E-state index >= 15 is 0 Å². The number of nitrogens with one attached hydrogen (secondary N) is 1. The monoisotopic (exact) mass is 398 g/mol. The van der Waals surface area contributed by atoms with Crippen LogP contribution in [0.15, 0.2) is 78.9 Å². The fourth-order valence-electron chi connectivity index (χ4n) is 4.78. The summed E-state index contributed by atoms with van der Waals surface area (Å²) in [5, 5.41) is 3.63. The van der Waals surface area contributed by atoms with Gasteiger partial charge in [-0.2, -0.15) is 0 Å². The van der Waals surface area contributed by atoms with E-state index in [4.69, 9.17) is 4.74 Å². The maximum atomic E-state index is 12.7. The van der Waals surface area contributed by atoms with Crippen molar-refractivity contribution >= 4 is 5.91 Å². The summed E-state index contributed by atoms with van der Waals surface area (Å²) < 4.78 is 5.34. The van der Waals surface area contributed by atoms with Gasteiger partial charge in [-0.05, 0) is 34.4 Å². The molecule has 3 aliphatic rings. The lowest BCUT2D eigenvalue weighted by molar-refractivity contribution is -0.135. The van der Waals surface area contributed by atoms with Crippen molar-refractivity contribution in [2.75, 3.05) is 20.2 Å². The second kappa shape index (κ2) is 7.96. The number of piperazine rings is 1. The van der Waals surface area contributed by atoms with Crippen LogP contribution >= 0.6 is 0 Å². The molecule has 2 bridgehead atoms. The normalized spacial score (nSPS) is 22.3. The predicted octanol–water partition coefficient (Wildman–Crippen LogP) is 3.87. The summed E-state index contributed by atoms with van der Waals surface area (Å²) in [5.41, 5.74) is 4.78. The van der Waals surface area contributed by atoms with Gasteiger partial charge in [0.05, 0.1) is 13.5 Å². The number of methoxy groups -OCH3 is 1. The fourth-order valence-corrected chi connectivity index (χ4v) is 4.78. The third-order valence-corrected chi connectivity index (χ3v) is 6.38. The van der Waals surface area contributed by atoms with Gasteiger partial charge in [0, 0.05) is 31.1 Å². The van der Waals surface area contributed by atoms with Crippen LogP contribution in [-0.4, -0.2) is 43.1 Å². The predicted molar refractivity (Wildman–Crippen MR) is 119 cm³/mol. The Bertz CT molecular complexity index is 1020. The number of hydrogen-bond donors (Lipinski definition) is 1. The highest BCUT2D eigenvalue weighted by Crippen LogP contribution is 2.37. The molecule has 0 saturated carbocycles. The molecule has 3 saturated heterocycles. The molecule has 3 atom stereocenters. The van der Waals surface area contributed by atoms with Crippen LogP contribution in [0.1, 0.15) is 17.0 Å². The van der Waals surface area contributed by atoms with Crippen molar-refractivity contribution in [1.82, 2.24) is 10.2 Å². The number of ether oxygens (including phenoxy) is 1. The van der Waals surface area contributed by atoms with Gasteiger partial charge in [-0.1, -0.05) is 66.7 Å². The van der Waals surface area contributed by atoms with Gasteiger partial charge in [-0.25, -0.2) is 0 Å². The maximum absolute atomic E-state index is 12.7. The van der Waals surface area contributed by atoms with Crippen molar-refractivity contribution in [3.05, 3.63) is 90.0 Å². The minimum absolute atomic E-state index is 0.226.